The largest absolute Gasteiger partial charge is 0.508 e. The summed E-state index contributed by atoms with van der Waals surface area (Å²) in [7, 11) is 0. The number of carbonyl (C=O) groups is 1. The predicted octanol–water partition coefficient (Wildman–Crippen LogP) is 1.70. The summed E-state index contributed by atoms with van der Waals surface area (Å²) >= 11 is 0. The molecular formula is C14H19FN2O2. The fourth-order valence-corrected chi connectivity index (χ4v) is 2.29. The van der Waals surface area contributed by atoms with Gasteiger partial charge in [0.1, 0.15) is 11.6 Å². The third-order valence-corrected chi connectivity index (χ3v) is 3.51. The molecule has 0 atom stereocenters. The minimum absolute atomic E-state index is 0.0239. The molecule has 2 rings (SSSR count). The molecule has 0 unspecified atom stereocenters. The minimum Gasteiger partial charge on any atom is -0.508 e. The van der Waals surface area contributed by atoms with Crippen LogP contribution in [-0.4, -0.2) is 53.0 Å². The Kier molecular flexibility index (Phi) is 4.04. The summed E-state index contributed by atoms with van der Waals surface area (Å²) < 4.78 is 13.6. The van der Waals surface area contributed by atoms with Crippen LogP contribution in [0.4, 0.5) is 4.39 Å². The van der Waals surface area contributed by atoms with Crippen LogP contribution >= 0.6 is 0 Å². The number of nitrogens with zero attached hydrogens (tertiary/aromatic N) is 2. The van der Waals surface area contributed by atoms with Crippen LogP contribution in [0.3, 0.4) is 0 Å². The van der Waals surface area contributed by atoms with Crippen molar-refractivity contribution in [3.63, 3.8) is 0 Å². The Labute approximate surface area is 112 Å². The second-order valence-electron chi connectivity index (χ2n) is 5.09. The number of halogens is 1. The van der Waals surface area contributed by atoms with Crippen molar-refractivity contribution < 1.29 is 14.3 Å². The van der Waals surface area contributed by atoms with Crippen LogP contribution in [0.2, 0.25) is 0 Å². The summed E-state index contributed by atoms with van der Waals surface area (Å²) in [6.45, 7) is 7.08. The summed E-state index contributed by atoms with van der Waals surface area (Å²) in [6.07, 6.45) is 0. The normalized spacial score (nSPS) is 16.9. The smallest absolute Gasteiger partial charge is 0.256 e. The lowest BCUT2D eigenvalue weighted by Crippen LogP contribution is -2.50. The zero-order chi connectivity index (χ0) is 14.0. The molecule has 4 nitrogen and oxygen atoms in total. The number of piperazine rings is 1. The lowest BCUT2D eigenvalue weighted by Gasteiger charge is -2.37. The van der Waals surface area contributed by atoms with Gasteiger partial charge in [0.25, 0.3) is 5.91 Å². The van der Waals surface area contributed by atoms with Crippen LogP contribution in [0.1, 0.15) is 24.2 Å². The van der Waals surface area contributed by atoms with Crippen molar-refractivity contribution in [2.45, 2.75) is 19.9 Å². The lowest BCUT2D eigenvalue weighted by atomic mass is 10.1. The van der Waals surface area contributed by atoms with E-state index in [2.05, 4.69) is 18.7 Å². The van der Waals surface area contributed by atoms with Crippen LogP contribution < -0.4 is 0 Å². The fraction of sp³-hybridized carbons (Fsp3) is 0.500. The number of aromatic hydroxyl groups is 1. The van der Waals surface area contributed by atoms with Gasteiger partial charge in [0.2, 0.25) is 0 Å². The SMILES string of the molecule is CC(C)N1CCN(C(=O)c2ccc(O)cc2F)CC1. The predicted molar refractivity (Wildman–Crippen MR) is 70.7 cm³/mol. The molecule has 1 saturated heterocycles. The summed E-state index contributed by atoms with van der Waals surface area (Å²) in [5.74, 6) is -1.14. The molecule has 19 heavy (non-hydrogen) atoms. The molecule has 5 heteroatoms. The van der Waals surface area contributed by atoms with Gasteiger partial charge in [0.15, 0.2) is 0 Å². The lowest BCUT2D eigenvalue weighted by molar-refractivity contribution is 0.0591. The Morgan fingerprint density at radius 3 is 2.42 bits per heavy atom. The second-order valence-corrected chi connectivity index (χ2v) is 5.09. The van der Waals surface area contributed by atoms with Gasteiger partial charge in [-0.25, -0.2) is 4.39 Å². The Morgan fingerprint density at radius 2 is 1.89 bits per heavy atom. The number of rotatable bonds is 2. The van der Waals surface area contributed by atoms with Crippen LogP contribution in [0.15, 0.2) is 18.2 Å². The van der Waals surface area contributed by atoms with E-state index in [0.717, 1.165) is 19.2 Å². The first kappa shape index (κ1) is 13.8. The van der Waals surface area contributed by atoms with Gasteiger partial charge in [-0.1, -0.05) is 0 Å². The topological polar surface area (TPSA) is 43.8 Å². The quantitative estimate of drug-likeness (QED) is 0.886. The van der Waals surface area contributed by atoms with Gasteiger partial charge in [-0.3, -0.25) is 9.69 Å². The van der Waals surface area contributed by atoms with E-state index in [1.165, 1.54) is 12.1 Å². The van der Waals surface area contributed by atoms with E-state index >= 15 is 0 Å². The number of phenolic OH excluding ortho intramolecular Hbond substituents is 1. The van der Waals surface area contributed by atoms with E-state index in [1.54, 1.807) is 4.90 Å². The van der Waals surface area contributed by atoms with Gasteiger partial charge >= 0.3 is 0 Å². The highest BCUT2D eigenvalue weighted by molar-refractivity contribution is 5.94. The molecule has 1 aliphatic heterocycles. The van der Waals surface area contributed by atoms with Crippen LogP contribution in [0, 0.1) is 5.82 Å². The first-order valence-corrected chi connectivity index (χ1v) is 6.51. The molecule has 0 radical (unpaired) electrons. The van der Waals surface area contributed by atoms with Crippen LogP contribution in [0.25, 0.3) is 0 Å². The number of amides is 1. The third kappa shape index (κ3) is 3.04. The number of carbonyl (C=O) groups excluding carboxylic acids is 1. The number of phenols is 1. The molecule has 1 aromatic carbocycles. The maximum absolute atomic E-state index is 13.6. The summed E-state index contributed by atoms with van der Waals surface area (Å²) in [4.78, 5) is 16.1. The molecule has 1 heterocycles. The molecule has 1 fully saturated rings. The average molecular weight is 266 g/mol. The highest BCUT2D eigenvalue weighted by Crippen LogP contribution is 2.18. The van der Waals surface area contributed by atoms with Gasteiger partial charge in [-0.05, 0) is 26.0 Å². The highest BCUT2D eigenvalue weighted by atomic mass is 19.1. The number of hydrogen-bond donors (Lipinski definition) is 1. The number of hydrogen-bond acceptors (Lipinski definition) is 3. The Hall–Kier alpha value is -1.62. The molecule has 104 valence electrons. The van der Waals surface area contributed by atoms with E-state index in [-0.39, 0.29) is 17.2 Å². The van der Waals surface area contributed by atoms with Crippen molar-refractivity contribution in [3.8, 4) is 5.75 Å². The summed E-state index contributed by atoms with van der Waals surface area (Å²) in [6, 6.07) is 4.10. The maximum atomic E-state index is 13.6. The fourth-order valence-electron chi connectivity index (χ4n) is 2.29. The first-order valence-electron chi connectivity index (χ1n) is 6.51. The molecule has 1 aromatic rings. The van der Waals surface area contributed by atoms with Crippen LogP contribution in [-0.2, 0) is 0 Å². The number of benzene rings is 1. The first-order chi connectivity index (χ1) is 8.99. The van der Waals surface area contributed by atoms with Gasteiger partial charge in [0.05, 0.1) is 5.56 Å². The van der Waals surface area contributed by atoms with Gasteiger partial charge in [-0.2, -0.15) is 0 Å². The zero-order valence-electron chi connectivity index (χ0n) is 11.3. The third-order valence-electron chi connectivity index (χ3n) is 3.51. The van der Waals surface area contributed by atoms with Crippen molar-refractivity contribution >= 4 is 5.91 Å². The van der Waals surface area contributed by atoms with E-state index in [0.29, 0.717) is 19.1 Å². The molecule has 0 aliphatic carbocycles. The molecule has 1 amide bonds. The summed E-state index contributed by atoms with van der Waals surface area (Å²) in [5.41, 5.74) is 0.0239. The molecule has 0 aromatic heterocycles. The van der Waals surface area contributed by atoms with Crippen molar-refractivity contribution in [3.05, 3.63) is 29.6 Å². The summed E-state index contributed by atoms with van der Waals surface area (Å²) in [5, 5.41) is 9.15. The maximum Gasteiger partial charge on any atom is 0.256 e. The van der Waals surface area contributed by atoms with Crippen LogP contribution in [0.5, 0.6) is 5.75 Å². The Balaban J connectivity index is 2.05. The molecule has 0 bridgehead atoms. The highest BCUT2D eigenvalue weighted by Gasteiger charge is 2.24. The average Bonchev–Trinajstić information content (AvgIpc) is 2.38. The van der Waals surface area contributed by atoms with Crippen molar-refractivity contribution in [2.75, 3.05) is 26.2 Å². The van der Waals surface area contributed by atoms with Crippen molar-refractivity contribution in [1.82, 2.24) is 9.80 Å². The van der Waals surface area contributed by atoms with Crippen molar-refractivity contribution in [1.29, 1.82) is 0 Å². The van der Waals surface area contributed by atoms with Gasteiger partial charge < -0.3 is 10.0 Å². The zero-order valence-corrected chi connectivity index (χ0v) is 11.3. The molecule has 0 saturated carbocycles. The Morgan fingerprint density at radius 1 is 1.26 bits per heavy atom. The Bertz CT molecular complexity index is 469. The molecular weight excluding hydrogens is 247 g/mol. The van der Waals surface area contributed by atoms with Gasteiger partial charge in [0, 0.05) is 38.3 Å². The monoisotopic (exact) mass is 266 g/mol. The van der Waals surface area contributed by atoms with E-state index in [1.807, 2.05) is 0 Å². The van der Waals surface area contributed by atoms with E-state index in [4.69, 9.17) is 5.11 Å². The second kappa shape index (κ2) is 5.57. The minimum atomic E-state index is -0.670. The molecule has 0 spiro atoms. The van der Waals surface area contributed by atoms with E-state index < -0.39 is 5.82 Å². The van der Waals surface area contributed by atoms with E-state index in [9.17, 15) is 9.18 Å². The molecule has 1 aliphatic rings. The standard InChI is InChI=1S/C14H19FN2O2/c1-10(2)16-5-7-17(8-6-16)14(19)12-4-3-11(18)9-13(12)15/h3-4,9-10,18H,5-8H2,1-2H3. The molecule has 1 N–H and O–H groups in total. The van der Waals surface area contributed by atoms with Gasteiger partial charge in [-0.15, -0.1) is 0 Å². The van der Waals surface area contributed by atoms with Crippen molar-refractivity contribution in [2.24, 2.45) is 0 Å².